The molecule has 3 aromatic rings. The predicted octanol–water partition coefficient (Wildman–Crippen LogP) is 5.81. The molecule has 0 unspecified atom stereocenters. The van der Waals surface area contributed by atoms with Gasteiger partial charge in [-0.2, -0.15) is 0 Å². The summed E-state index contributed by atoms with van der Waals surface area (Å²) in [5, 5.41) is 9.69. The van der Waals surface area contributed by atoms with Gasteiger partial charge in [0, 0.05) is 12.6 Å². The fourth-order valence-corrected chi connectivity index (χ4v) is 4.72. The molecule has 172 valence electrons. The van der Waals surface area contributed by atoms with Crippen LogP contribution in [-0.2, 0) is 6.54 Å². The van der Waals surface area contributed by atoms with Crippen molar-refractivity contribution in [3.63, 3.8) is 0 Å². The van der Waals surface area contributed by atoms with E-state index in [2.05, 4.69) is 78.6 Å². The molecule has 3 aromatic carbocycles. The number of aliphatic hydroxyl groups is 1. The Hall–Kier alpha value is -3.08. The third-order valence-corrected chi connectivity index (χ3v) is 6.62. The van der Waals surface area contributed by atoms with Crippen LogP contribution in [0, 0.1) is 6.92 Å². The van der Waals surface area contributed by atoms with Gasteiger partial charge in [0.05, 0.1) is 26.4 Å². The van der Waals surface area contributed by atoms with Crippen molar-refractivity contribution < 1.29 is 14.6 Å². The van der Waals surface area contributed by atoms with E-state index in [0.29, 0.717) is 6.54 Å². The second-order valence-electron chi connectivity index (χ2n) is 8.57. The topological polar surface area (TPSA) is 41.9 Å². The average Bonchev–Trinajstić information content (AvgIpc) is 3.31. The summed E-state index contributed by atoms with van der Waals surface area (Å²) in [7, 11) is 3.40. The lowest BCUT2D eigenvalue weighted by atomic mass is 9.96. The highest BCUT2D eigenvalue weighted by Gasteiger charge is 2.26. The smallest absolute Gasteiger partial charge is 0.127 e. The zero-order valence-electron chi connectivity index (χ0n) is 19.8. The fourth-order valence-electron chi connectivity index (χ4n) is 4.72. The molecule has 0 aromatic heterocycles. The van der Waals surface area contributed by atoms with Gasteiger partial charge in [-0.15, -0.1) is 0 Å². The van der Waals surface area contributed by atoms with Gasteiger partial charge >= 0.3 is 0 Å². The lowest BCUT2D eigenvalue weighted by Gasteiger charge is -2.25. The van der Waals surface area contributed by atoms with Gasteiger partial charge in [0.15, 0.2) is 0 Å². The van der Waals surface area contributed by atoms with Gasteiger partial charge < -0.3 is 14.6 Å². The molecule has 4 nitrogen and oxygen atoms in total. The highest BCUT2D eigenvalue weighted by molar-refractivity contribution is 5.78. The minimum Gasteiger partial charge on any atom is -0.496 e. The third kappa shape index (κ3) is 5.13. The first-order valence-corrected chi connectivity index (χ1v) is 11.6. The van der Waals surface area contributed by atoms with Crippen molar-refractivity contribution >= 4 is 12.2 Å². The SMILES string of the molecule is COc1cc(/C=C/c2cccc(-c3ccccc3)c2C)cc(OC)c1CN1CCC[C@H]1CO. The summed E-state index contributed by atoms with van der Waals surface area (Å²) >= 11 is 0. The standard InChI is InChI=1S/C29H33NO3/c1-21-23(11-7-13-26(21)24-9-5-4-6-10-24)15-14-22-17-28(32-2)27(29(18-22)33-3)19-30-16-8-12-25(30)20-31/h4-7,9-11,13-15,17-18,25,31H,8,12,16,19-20H2,1-3H3/b15-14+/t25-/m0/s1. The lowest BCUT2D eigenvalue weighted by Crippen LogP contribution is -2.31. The maximum absolute atomic E-state index is 9.69. The highest BCUT2D eigenvalue weighted by atomic mass is 16.5. The molecular weight excluding hydrogens is 410 g/mol. The molecule has 0 bridgehead atoms. The molecule has 33 heavy (non-hydrogen) atoms. The molecule has 1 heterocycles. The summed E-state index contributed by atoms with van der Waals surface area (Å²) in [5.41, 5.74) is 6.95. The van der Waals surface area contributed by atoms with Crippen LogP contribution in [0.4, 0.5) is 0 Å². The van der Waals surface area contributed by atoms with Gasteiger partial charge in [-0.3, -0.25) is 4.90 Å². The van der Waals surface area contributed by atoms with Gasteiger partial charge in [0.2, 0.25) is 0 Å². The summed E-state index contributed by atoms with van der Waals surface area (Å²) in [6.45, 7) is 4.04. The Bertz CT molecular complexity index is 1080. The van der Waals surface area contributed by atoms with E-state index in [1.54, 1.807) is 14.2 Å². The molecule has 0 radical (unpaired) electrons. The zero-order chi connectivity index (χ0) is 23.2. The molecule has 1 fully saturated rings. The van der Waals surface area contributed by atoms with Gasteiger partial charge in [0.25, 0.3) is 0 Å². The van der Waals surface area contributed by atoms with E-state index in [-0.39, 0.29) is 12.6 Å². The van der Waals surface area contributed by atoms with Crippen molar-refractivity contribution in [3.05, 3.63) is 82.9 Å². The van der Waals surface area contributed by atoms with Crippen molar-refractivity contribution in [2.75, 3.05) is 27.4 Å². The fraction of sp³-hybridized carbons (Fsp3) is 0.310. The van der Waals surface area contributed by atoms with Crippen LogP contribution in [0.25, 0.3) is 23.3 Å². The van der Waals surface area contributed by atoms with Crippen LogP contribution in [0.3, 0.4) is 0 Å². The number of rotatable bonds is 8. The number of nitrogens with zero attached hydrogens (tertiary/aromatic N) is 1. The van der Waals surface area contributed by atoms with Gasteiger partial charge in [-0.25, -0.2) is 0 Å². The van der Waals surface area contributed by atoms with Crippen LogP contribution in [0.15, 0.2) is 60.7 Å². The third-order valence-electron chi connectivity index (χ3n) is 6.62. The maximum atomic E-state index is 9.69. The van der Waals surface area contributed by atoms with Crippen LogP contribution in [0.2, 0.25) is 0 Å². The number of aliphatic hydroxyl groups excluding tert-OH is 1. The van der Waals surface area contributed by atoms with Crippen LogP contribution in [-0.4, -0.2) is 43.4 Å². The summed E-state index contributed by atoms with van der Waals surface area (Å²) in [4.78, 5) is 2.31. The van der Waals surface area contributed by atoms with E-state index >= 15 is 0 Å². The molecule has 1 atom stereocenters. The monoisotopic (exact) mass is 443 g/mol. The quantitative estimate of drug-likeness (QED) is 0.446. The summed E-state index contributed by atoms with van der Waals surface area (Å²) < 4.78 is 11.5. The largest absolute Gasteiger partial charge is 0.496 e. The molecule has 1 saturated heterocycles. The maximum Gasteiger partial charge on any atom is 0.127 e. The second-order valence-corrected chi connectivity index (χ2v) is 8.57. The van der Waals surface area contributed by atoms with Crippen LogP contribution >= 0.6 is 0 Å². The van der Waals surface area contributed by atoms with Gasteiger partial charge in [0.1, 0.15) is 11.5 Å². The Balaban J connectivity index is 1.63. The van der Waals surface area contributed by atoms with E-state index < -0.39 is 0 Å². The first kappa shape index (κ1) is 23.1. The predicted molar refractivity (Wildman–Crippen MR) is 136 cm³/mol. The first-order chi connectivity index (χ1) is 16.1. The van der Waals surface area contributed by atoms with Gasteiger partial charge in [-0.05, 0) is 66.3 Å². The molecule has 0 saturated carbocycles. The first-order valence-electron chi connectivity index (χ1n) is 11.6. The van der Waals surface area contributed by atoms with Crippen molar-refractivity contribution in [1.82, 2.24) is 4.90 Å². The van der Waals surface area contributed by atoms with Crippen LogP contribution in [0.1, 0.15) is 35.1 Å². The molecular formula is C29H33NO3. The number of likely N-dealkylation sites (tertiary alicyclic amines) is 1. The Labute approximate surface area is 197 Å². The molecule has 1 aliphatic rings. The van der Waals surface area contributed by atoms with E-state index in [1.807, 2.05) is 6.07 Å². The Morgan fingerprint density at radius 2 is 1.70 bits per heavy atom. The van der Waals surface area contributed by atoms with Crippen LogP contribution < -0.4 is 9.47 Å². The summed E-state index contributed by atoms with van der Waals surface area (Å²) in [5.74, 6) is 1.62. The minimum absolute atomic E-state index is 0.187. The normalized spacial score (nSPS) is 16.4. The number of hydrogen-bond acceptors (Lipinski definition) is 4. The molecule has 1 aliphatic heterocycles. The minimum atomic E-state index is 0.187. The Kier molecular flexibility index (Phi) is 7.48. The molecule has 4 rings (SSSR count). The lowest BCUT2D eigenvalue weighted by molar-refractivity contribution is 0.151. The highest BCUT2D eigenvalue weighted by Crippen LogP contribution is 2.35. The molecule has 0 spiro atoms. The number of methoxy groups -OCH3 is 2. The van der Waals surface area contributed by atoms with Crippen molar-refractivity contribution in [3.8, 4) is 22.6 Å². The summed E-state index contributed by atoms with van der Waals surface area (Å²) in [6, 6.07) is 21.2. The van der Waals surface area contributed by atoms with E-state index in [4.69, 9.17) is 9.47 Å². The number of ether oxygens (including phenoxy) is 2. The molecule has 0 amide bonds. The van der Waals surface area contributed by atoms with Crippen molar-refractivity contribution in [1.29, 1.82) is 0 Å². The van der Waals surface area contributed by atoms with E-state index in [9.17, 15) is 5.11 Å². The van der Waals surface area contributed by atoms with E-state index in [0.717, 1.165) is 42.0 Å². The number of hydrogen-bond donors (Lipinski definition) is 1. The zero-order valence-corrected chi connectivity index (χ0v) is 19.8. The molecule has 1 N–H and O–H groups in total. The number of benzene rings is 3. The van der Waals surface area contributed by atoms with Gasteiger partial charge in [-0.1, -0.05) is 60.7 Å². The van der Waals surface area contributed by atoms with E-state index in [1.165, 1.54) is 22.3 Å². The molecule has 0 aliphatic carbocycles. The van der Waals surface area contributed by atoms with Crippen molar-refractivity contribution in [2.24, 2.45) is 0 Å². The Morgan fingerprint density at radius 1 is 0.970 bits per heavy atom. The average molecular weight is 444 g/mol. The Morgan fingerprint density at radius 3 is 2.36 bits per heavy atom. The summed E-state index contributed by atoms with van der Waals surface area (Å²) in [6.07, 6.45) is 6.40. The molecule has 4 heteroatoms. The second kappa shape index (κ2) is 10.7. The van der Waals surface area contributed by atoms with Crippen LogP contribution in [0.5, 0.6) is 11.5 Å². The van der Waals surface area contributed by atoms with Crippen molar-refractivity contribution in [2.45, 2.75) is 32.4 Å².